The second-order valence-corrected chi connectivity index (χ2v) is 7.13. The average molecular weight is 280 g/mol. The highest BCUT2D eigenvalue weighted by atomic mass is 16.7. The zero-order valence-corrected chi connectivity index (χ0v) is 12.7. The number of hydrogen-bond donors (Lipinski definition) is 0. The van der Waals surface area contributed by atoms with Crippen LogP contribution in [0.4, 0.5) is 0 Å². The van der Waals surface area contributed by atoms with E-state index < -0.39 is 11.4 Å². The van der Waals surface area contributed by atoms with Gasteiger partial charge in [-0.05, 0) is 40.0 Å². The van der Waals surface area contributed by atoms with Crippen molar-refractivity contribution in [1.82, 2.24) is 0 Å². The first-order valence-electron chi connectivity index (χ1n) is 7.56. The zero-order valence-electron chi connectivity index (χ0n) is 12.7. The number of esters is 1. The van der Waals surface area contributed by atoms with E-state index in [1.807, 2.05) is 20.8 Å². The van der Waals surface area contributed by atoms with E-state index in [1.54, 1.807) is 0 Å². The van der Waals surface area contributed by atoms with E-state index in [9.17, 15) is 4.79 Å². The van der Waals surface area contributed by atoms with Crippen LogP contribution >= 0.6 is 0 Å². The molecular formula is C16H24O4. The van der Waals surface area contributed by atoms with E-state index >= 15 is 0 Å². The van der Waals surface area contributed by atoms with E-state index in [4.69, 9.17) is 14.2 Å². The van der Waals surface area contributed by atoms with Crippen molar-refractivity contribution in [3.63, 3.8) is 0 Å². The molecule has 4 nitrogen and oxygen atoms in total. The SMILES string of the molecule is CC(C)(C)OC(=O)C1(C2=CCC3(CC2)OCCO3)CC1. The molecule has 0 aromatic rings. The predicted octanol–water partition coefficient (Wildman–Crippen LogP) is 2.96. The standard InChI is InChI=1S/C16H24O4/c1-14(2,3)20-13(17)15(8-9-15)12-4-6-16(7-5-12)18-10-11-19-16/h4H,5-11H2,1-3H3. The van der Waals surface area contributed by atoms with Crippen LogP contribution < -0.4 is 0 Å². The van der Waals surface area contributed by atoms with Crippen molar-refractivity contribution >= 4 is 5.97 Å². The van der Waals surface area contributed by atoms with Crippen molar-refractivity contribution in [2.75, 3.05) is 13.2 Å². The van der Waals surface area contributed by atoms with Crippen molar-refractivity contribution in [3.05, 3.63) is 11.6 Å². The van der Waals surface area contributed by atoms with Crippen LogP contribution in [0.5, 0.6) is 0 Å². The molecule has 0 atom stereocenters. The first-order chi connectivity index (χ1) is 9.35. The van der Waals surface area contributed by atoms with Crippen LogP contribution in [0.15, 0.2) is 11.6 Å². The topological polar surface area (TPSA) is 44.8 Å². The van der Waals surface area contributed by atoms with Crippen LogP contribution in [-0.4, -0.2) is 30.6 Å². The second kappa shape index (κ2) is 4.57. The molecule has 2 aliphatic carbocycles. The Morgan fingerprint density at radius 1 is 1.20 bits per heavy atom. The van der Waals surface area contributed by atoms with Gasteiger partial charge in [-0.2, -0.15) is 0 Å². The van der Waals surface area contributed by atoms with Crippen molar-refractivity contribution in [2.24, 2.45) is 5.41 Å². The molecule has 112 valence electrons. The summed E-state index contributed by atoms with van der Waals surface area (Å²) in [5.41, 5.74) is 0.477. The maximum absolute atomic E-state index is 12.4. The highest BCUT2D eigenvalue weighted by Gasteiger charge is 2.56. The summed E-state index contributed by atoms with van der Waals surface area (Å²) in [6, 6.07) is 0. The fraction of sp³-hybridized carbons (Fsp3) is 0.812. The fourth-order valence-corrected chi connectivity index (χ4v) is 3.16. The lowest BCUT2D eigenvalue weighted by Gasteiger charge is -2.33. The minimum atomic E-state index is -0.416. The summed E-state index contributed by atoms with van der Waals surface area (Å²) in [5, 5.41) is 0. The summed E-state index contributed by atoms with van der Waals surface area (Å²) in [7, 11) is 0. The van der Waals surface area contributed by atoms with Gasteiger partial charge in [0.25, 0.3) is 0 Å². The van der Waals surface area contributed by atoms with Gasteiger partial charge in [-0.1, -0.05) is 11.6 Å². The van der Waals surface area contributed by atoms with E-state index in [2.05, 4.69) is 6.08 Å². The molecule has 20 heavy (non-hydrogen) atoms. The molecule has 0 radical (unpaired) electrons. The third-order valence-corrected chi connectivity index (χ3v) is 4.40. The van der Waals surface area contributed by atoms with Crippen molar-refractivity contribution in [2.45, 2.75) is 64.3 Å². The van der Waals surface area contributed by atoms with Crippen molar-refractivity contribution in [1.29, 1.82) is 0 Å². The van der Waals surface area contributed by atoms with E-state index in [0.717, 1.165) is 32.1 Å². The van der Waals surface area contributed by atoms with Crippen LogP contribution in [0.2, 0.25) is 0 Å². The molecule has 1 saturated heterocycles. The summed E-state index contributed by atoms with van der Waals surface area (Å²) in [4.78, 5) is 12.4. The van der Waals surface area contributed by atoms with Crippen LogP contribution in [0.25, 0.3) is 0 Å². The number of hydrogen-bond acceptors (Lipinski definition) is 4. The predicted molar refractivity (Wildman–Crippen MR) is 74.1 cm³/mol. The van der Waals surface area contributed by atoms with Gasteiger partial charge < -0.3 is 14.2 Å². The minimum Gasteiger partial charge on any atom is -0.459 e. The molecule has 1 spiro atoms. The van der Waals surface area contributed by atoms with Gasteiger partial charge in [0.15, 0.2) is 5.79 Å². The van der Waals surface area contributed by atoms with Gasteiger partial charge in [-0.25, -0.2) is 0 Å². The molecule has 0 amide bonds. The molecule has 0 N–H and O–H groups in total. The van der Waals surface area contributed by atoms with Gasteiger partial charge in [0.2, 0.25) is 0 Å². The number of carbonyl (C=O) groups excluding carboxylic acids is 1. The zero-order chi connectivity index (χ0) is 14.4. The Hall–Kier alpha value is -0.870. The van der Waals surface area contributed by atoms with Crippen LogP contribution in [0.3, 0.4) is 0 Å². The molecule has 1 heterocycles. The third-order valence-electron chi connectivity index (χ3n) is 4.40. The van der Waals surface area contributed by atoms with E-state index in [-0.39, 0.29) is 11.4 Å². The van der Waals surface area contributed by atoms with Gasteiger partial charge in [-0.15, -0.1) is 0 Å². The third kappa shape index (κ3) is 2.51. The Balaban J connectivity index is 1.70. The molecule has 0 aromatic heterocycles. The fourth-order valence-electron chi connectivity index (χ4n) is 3.16. The molecular weight excluding hydrogens is 256 g/mol. The van der Waals surface area contributed by atoms with Gasteiger partial charge in [0.05, 0.1) is 18.6 Å². The molecule has 0 bridgehead atoms. The highest BCUT2D eigenvalue weighted by Crippen LogP contribution is 2.56. The second-order valence-electron chi connectivity index (χ2n) is 7.13. The summed E-state index contributed by atoms with van der Waals surface area (Å²) in [6.07, 6.45) is 6.48. The minimum absolute atomic E-state index is 0.0551. The first kappa shape index (κ1) is 14.1. The van der Waals surface area contributed by atoms with E-state index in [1.165, 1.54) is 5.57 Å². The Morgan fingerprint density at radius 3 is 2.30 bits per heavy atom. The van der Waals surface area contributed by atoms with Crippen LogP contribution in [0, 0.1) is 5.41 Å². The van der Waals surface area contributed by atoms with E-state index in [0.29, 0.717) is 13.2 Å². The summed E-state index contributed by atoms with van der Waals surface area (Å²) >= 11 is 0. The molecule has 0 unspecified atom stereocenters. The van der Waals surface area contributed by atoms with Gasteiger partial charge in [-0.3, -0.25) is 4.79 Å². The van der Waals surface area contributed by atoms with Crippen molar-refractivity contribution < 1.29 is 19.0 Å². The summed E-state index contributed by atoms with van der Waals surface area (Å²) < 4.78 is 17.0. The monoisotopic (exact) mass is 280 g/mol. The normalized spacial score (nSPS) is 27.2. The van der Waals surface area contributed by atoms with Crippen LogP contribution in [-0.2, 0) is 19.0 Å². The largest absolute Gasteiger partial charge is 0.459 e. The lowest BCUT2D eigenvalue weighted by atomic mass is 9.84. The summed E-state index contributed by atoms with van der Waals surface area (Å²) in [5.74, 6) is -0.464. The molecule has 4 heteroatoms. The molecule has 1 aliphatic heterocycles. The number of ether oxygens (including phenoxy) is 3. The highest BCUT2D eigenvalue weighted by molar-refractivity contribution is 5.84. The van der Waals surface area contributed by atoms with Crippen LogP contribution in [0.1, 0.15) is 52.9 Å². The first-order valence-corrected chi connectivity index (χ1v) is 7.56. The van der Waals surface area contributed by atoms with Gasteiger partial charge in [0.1, 0.15) is 5.60 Å². The van der Waals surface area contributed by atoms with Gasteiger partial charge in [0, 0.05) is 12.8 Å². The Labute approximate surface area is 120 Å². The maximum atomic E-state index is 12.4. The molecule has 1 saturated carbocycles. The maximum Gasteiger partial charge on any atom is 0.316 e. The van der Waals surface area contributed by atoms with Gasteiger partial charge >= 0.3 is 5.97 Å². The number of rotatable bonds is 2. The summed E-state index contributed by atoms with van der Waals surface area (Å²) in [6.45, 7) is 7.13. The number of carbonyl (C=O) groups is 1. The molecule has 0 aromatic carbocycles. The van der Waals surface area contributed by atoms with Crippen molar-refractivity contribution in [3.8, 4) is 0 Å². The lowest BCUT2D eigenvalue weighted by molar-refractivity contribution is -0.166. The smallest absolute Gasteiger partial charge is 0.316 e. The molecule has 3 rings (SSSR count). The quantitative estimate of drug-likeness (QED) is 0.576. The molecule has 3 aliphatic rings. The molecule has 2 fully saturated rings. The average Bonchev–Trinajstić information content (AvgIpc) is 3.05. The Bertz CT molecular complexity index is 434. The Kier molecular flexibility index (Phi) is 3.22. The lowest BCUT2D eigenvalue weighted by Crippen LogP contribution is -2.35. The Morgan fingerprint density at radius 2 is 1.85 bits per heavy atom.